The van der Waals surface area contributed by atoms with Crippen molar-refractivity contribution in [1.82, 2.24) is 20.5 Å². The molecule has 3 saturated heterocycles. The van der Waals surface area contributed by atoms with E-state index in [1.54, 1.807) is 16.2 Å². The summed E-state index contributed by atoms with van der Waals surface area (Å²) in [5, 5.41) is 15.0. The van der Waals surface area contributed by atoms with Crippen molar-refractivity contribution in [3.63, 3.8) is 0 Å². The SMILES string of the molecule is Cc1cc2[nH]c(C(=O)N3C4CCC(CC4)[C@H]3C(=O)N[C@@H](C[C@@H]3CCNC3=O)C(=O)CO)cc2s1. The van der Waals surface area contributed by atoms with E-state index in [1.165, 1.54) is 0 Å². The Labute approximate surface area is 201 Å². The Kier molecular flexibility index (Phi) is 6.20. The van der Waals surface area contributed by atoms with E-state index in [9.17, 15) is 24.3 Å². The molecule has 1 aliphatic carbocycles. The molecule has 182 valence electrons. The molecular weight excluding hydrogens is 456 g/mol. The molecule has 1 saturated carbocycles. The standard InChI is InChI=1S/C24H30N4O5S/c1-12-8-17-20(34-12)10-18(26-17)24(33)28-15-4-2-13(3-5-15)21(28)23(32)27-16(19(30)11-29)9-14-6-7-25-22(14)31/h8,10,13-16,21,26,29H,2-7,9,11H2,1H3,(H,25,31)(H,27,32)/t13?,14-,15?,16-,21-/m0/s1. The van der Waals surface area contributed by atoms with E-state index in [0.29, 0.717) is 18.7 Å². The maximum atomic E-state index is 13.6. The first kappa shape index (κ1) is 23.0. The molecule has 0 aromatic carbocycles. The highest BCUT2D eigenvalue weighted by Crippen LogP contribution is 2.41. The van der Waals surface area contributed by atoms with Crippen LogP contribution in [0.5, 0.6) is 0 Å². The molecule has 5 heterocycles. The lowest BCUT2D eigenvalue weighted by atomic mass is 9.74. The van der Waals surface area contributed by atoms with Crippen LogP contribution in [0.1, 0.15) is 53.9 Å². The van der Waals surface area contributed by atoms with Gasteiger partial charge < -0.3 is 25.6 Å². The van der Waals surface area contributed by atoms with Gasteiger partial charge in [-0.25, -0.2) is 0 Å². The number of amides is 3. The fourth-order valence-corrected chi connectivity index (χ4v) is 6.80. The molecule has 2 bridgehead atoms. The minimum Gasteiger partial charge on any atom is -0.389 e. The van der Waals surface area contributed by atoms with Gasteiger partial charge in [-0.15, -0.1) is 11.3 Å². The Morgan fingerprint density at radius 1 is 1.21 bits per heavy atom. The van der Waals surface area contributed by atoms with Crippen LogP contribution in [0, 0.1) is 18.8 Å². The molecule has 3 amide bonds. The Morgan fingerprint density at radius 3 is 2.62 bits per heavy atom. The van der Waals surface area contributed by atoms with Gasteiger partial charge in [0.1, 0.15) is 18.3 Å². The predicted molar refractivity (Wildman–Crippen MR) is 126 cm³/mol. The van der Waals surface area contributed by atoms with E-state index in [-0.39, 0.29) is 42.0 Å². The normalized spacial score (nSPS) is 27.1. The summed E-state index contributed by atoms with van der Waals surface area (Å²) in [5.41, 5.74) is 1.38. The Balaban J connectivity index is 1.38. The quantitative estimate of drug-likeness (QED) is 0.471. The number of aryl methyl sites for hydroxylation is 1. The van der Waals surface area contributed by atoms with E-state index < -0.39 is 24.5 Å². The van der Waals surface area contributed by atoms with Crippen LogP contribution in [-0.4, -0.2) is 69.8 Å². The van der Waals surface area contributed by atoms with E-state index in [0.717, 1.165) is 40.8 Å². The highest BCUT2D eigenvalue weighted by atomic mass is 32.1. The largest absolute Gasteiger partial charge is 0.389 e. The van der Waals surface area contributed by atoms with Crippen molar-refractivity contribution in [3.05, 3.63) is 22.7 Å². The van der Waals surface area contributed by atoms with E-state index in [2.05, 4.69) is 15.6 Å². The summed E-state index contributed by atoms with van der Waals surface area (Å²) in [7, 11) is 0. The van der Waals surface area contributed by atoms with Crippen LogP contribution < -0.4 is 10.6 Å². The molecule has 3 aliphatic heterocycles. The topological polar surface area (TPSA) is 132 Å². The number of aromatic amines is 1. The van der Waals surface area contributed by atoms with E-state index in [4.69, 9.17) is 0 Å². The number of hydrogen-bond donors (Lipinski definition) is 4. The van der Waals surface area contributed by atoms with Crippen LogP contribution in [0.3, 0.4) is 0 Å². The van der Waals surface area contributed by atoms with Crippen molar-refractivity contribution in [2.45, 2.75) is 63.6 Å². The lowest BCUT2D eigenvalue weighted by molar-refractivity contribution is -0.137. The fourth-order valence-electron chi connectivity index (χ4n) is 5.88. The van der Waals surface area contributed by atoms with Gasteiger partial charge in [-0.2, -0.15) is 0 Å². The van der Waals surface area contributed by atoms with Crippen molar-refractivity contribution in [2.75, 3.05) is 13.2 Å². The van der Waals surface area contributed by atoms with Gasteiger partial charge in [-0.05, 0) is 63.5 Å². The van der Waals surface area contributed by atoms with Gasteiger partial charge in [0.05, 0.1) is 16.3 Å². The van der Waals surface area contributed by atoms with Crippen LogP contribution in [-0.2, 0) is 14.4 Å². The summed E-state index contributed by atoms with van der Waals surface area (Å²) < 4.78 is 1.01. The Hall–Kier alpha value is -2.72. The summed E-state index contributed by atoms with van der Waals surface area (Å²) in [6, 6.07) is 2.21. The molecule has 4 N–H and O–H groups in total. The first-order valence-corrected chi connectivity index (χ1v) is 12.8. The average Bonchev–Trinajstić information content (AvgIpc) is 3.52. The third kappa shape index (κ3) is 4.13. The molecule has 0 radical (unpaired) electrons. The number of carbonyl (C=O) groups is 4. The molecule has 4 aliphatic rings. The van der Waals surface area contributed by atoms with Gasteiger partial charge in [0, 0.05) is 23.4 Å². The first-order valence-electron chi connectivity index (χ1n) is 12.0. The number of fused-ring (bicyclic) bond motifs is 4. The number of H-pyrrole nitrogens is 1. The second-order valence-corrected chi connectivity index (χ2v) is 11.0. The van der Waals surface area contributed by atoms with E-state index in [1.807, 2.05) is 19.1 Å². The number of hydrogen-bond acceptors (Lipinski definition) is 6. The lowest BCUT2D eigenvalue weighted by Crippen LogP contribution is -2.64. The lowest BCUT2D eigenvalue weighted by Gasteiger charge is -2.50. The molecule has 3 atom stereocenters. The number of carbonyl (C=O) groups excluding carboxylic acids is 4. The van der Waals surface area contributed by atoms with Gasteiger partial charge in [0.2, 0.25) is 11.8 Å². The molecule has 0 spiro atoms. The Bertz CT molecular complexity index is 1100. The molecule has 10 heteroatoms. The van der Waals surface area contributed by atoms with Crippen LogP contribution in [0.4, 0.5) is 0 Å². The molecule has 9 nitrogen and oxygen atoms in total. The predicted octanol–water partition coefficient (Wildman–Crippen LogP) is 1.49. The zero-order valence-electron chi connectivity index (χ0n) is 19.1. The summed E-state index contributed by atoms with van der Waals surface area (Å²) in [6.07, 6.45) is 4.17. The second kappa shape index (κ2) is 9.14. The molecule has 34 heavy (non-hydrogen) atoms. The summed E-state index contributed by atoms with van der Waals surface area (Å²) >= 11 is 1.61. The third-order valence-electron chi connectivity index (χ3n) is 7.59. The summed E-state index contributed by atoms with van der Waals surface area (Å²) in [5.74, 6) is -1.59. The number of aromatic nitrogens is 1. The Morgan fingerprint density at radius 2 is 1.97 bits per heavy atom. The second-order valence-electron chi connectivity index (χ2n) is 9.74. The van der Waals surface area contributed by atoms with Gasteiger partial charge in [-0.3, -0.25) is 19.2 Å². The minimum atomic E-state index is -0.956. The zero-order chi connectivity index (χ0) is 24.0. The van der Waals surface area contributed by atoms with Gasteiger partial charge in [0.25, 0.3) is 5.91 Å². The maximum absolute atomic E-state index is 13.6. The van der Waals surface area contributed by atoms with Crippen LogP contribution in [0.15, 0.2) is 12.1 Å². The van der Waals surface area contributed by atoms with Crippen LogP contribution in [0.2, 0.25) is 0 Å². The number of aliphatic hydroxyl groups excluding tert-OH is 1. The number of thiophene rings is 1. The summed E-state index contributed by atoms with van der Waals surface area (Å²) in [4.78, 5) is 57.7. The molecular formula is C24H30N4O5S. The minimum absolute atomic E-state index is 0.0203. The third-order valence-corrected chi connectivity index (χ3v) is 8.58. The molecule has 0 unspecified atom stereocenters. The first-order chi connectivity index (χ1) is 16.4. The molecule has 2 aromatic heterocycles. The molecule has 2 aromatic rings. The number of Topliss-reactive ketones (excluding diaryl/α,β-unsaturated/α-hetero) is 1. The highest BCUT2D eigenvalue weighted by molar-refractivity contribution is 7.19. The number of nitrogens with zero attached hydrogens (tertiary/aromatic N) is 1. The average molecular weight is 487 g/mol. The molecule has 4 fully saturated rings. The van der Waals surface area contributed by atoms with Crippen molar-refractivity contribution in [1.29, 1.82) is 0 Å². The zero-order valence-corrected chi connectivity index (χ0v) is 20.0. The van der Waals surface area contributed by atoms with Gasteiger partial charge in [0.15, 0.2) is 5.78 Å². The van der Waals surface area contributed by atoms with Crippen LogP contribution in [0.25, 0.3) is 10.2 Å². The van der Waals surface area contributed by atoms with Crippen molar-refractivity contribution >= 4 is 45.1 Å². The van der Waals surface area contributed by atoms with Gasteiger partial charge >= 0.3 is 0 Å². The fraction of sp³-hybridized carbons (Fsp3) is 0.583. The van der Waals surface area contributed by atoms with Crippen molar-refractivity contribution in [2.24, 2.45) is 11.8 Å². The van der Waals surface area contributed by atoms with Crippen molar-refractivity contribution in [3.8, 4) is 0 Å². The van der Waals surface area contributed by atoms with Crippen molar-refractivity contribution < 1.29 is 24.3 Å². The number of aliphatic hydroxyl groups is 1. The van der Waals surface area contributed by atoms with Gasteiger partial charge in [-0.1, -0.05) is 0 Å². The number of piperidine rings is 2. The van der Waals surface area contributed by atoms with E-state index >= 15 is 0 Å². The smallest absolute Gasteiger partial charge is 0.271 e. The number of ketones is 1. The number of nitrogens with one attached hydrogen (secondary N) is 3. The van der Waals surface area contributed by atoms with Crippen LogP contribution >= 0.6 is 11.3 Å². The number of rotatable bonds is 7. The molecule has 6 rings (SSSR count). The summed E-state index contributed by atoms with van der Waals surface area (Å²) in [6.45, 7) is 1.85. The maximum Gasteiger partial charge on any atom is 0.271 e. The monoisotopic (exact) mass is 486 g/mol. The highest BCUT2D eigenvalue weighted by Gasteiger charge is 2.48.